The van der Waals surface area contributed by atoms with E-state index in [0.717, 1.165) is 36.5 Å². The van der Waals surface area contributed by atoms with Crippen molar-refractivity contribution in [3.05, 3.63) is 71.2 Å². The Bertz CT molecular complexity index is 1570. The van der Waals surface area contributed by atoms with Crippen LogP contribution >= 0.6 is 11.6 Å². The summed E-state index contributed by atoms with van der Waals surface area (Å²) in [4.78, 5) is 10.2. The van der Waals surface area contributed by atoms with Crippen LogP contribution in [0.5, 0.6) is 11.6 Å². The standard InChI is InChI=1S/C30H27ClN4O5/c31-22-12-23-27(21(13-32)30(33-23)40-25-16-38-28-24(36)15-37-29(25)28)34-26(22)17-6-8-18(9-7-17)35-11-10-20(14-35)39-19-4-2-1-3-5-19/h1-9,12,20,24-25,28-29,33,36H,10-11,14-16H2/t20-,24-,25-,28-,29-/m1/s1. The Morgan fingerprint density at radius 1 is 1.05 bits per heavy atom. The number of nitriles is 1. The highest BCUT2D eigenvalue weighted by molar-refractivity contribution is 6.33. The van der Waals surface area contributed by atoms with Gasteiger partial charge in [0.05, 0.1) is 36.0 Å². The van der Waals surface area contributed by atoms with Crippen molar-refractivity contribution in [2.45, 2.75) is 36.9 Å². The highest BCUT2D eigenvalue weighted by atomic mass is 35.5. The molecule has 204 valence electrons. The summed E-state index contributed by atoms with van der Waals surface area (Å²) in [6.45, 7) is 2.19. The van der Waals surface area contributed by atoms with Crippen molar-refractivity contribution < 1.29 is 24.1 Å². The maximum atomic E-state index is 10.0. The summed E-state index contributed by atoms with van der Waals surface area (Å²) < 4.78 is 23.5. The molecule has 2 N–H and O–H groups in total. The van der Waals surface area contributed by atoms with Gasteiger partial charge in [0.15, 0.2) is 6.10 Å². The number of fused-ring (bicyclic) bond motifs is 2. The van der Waals surface area contributed by atoms with Crippen molar-refractivity contribution in [2.75, 3.05) is 31.2 Å². The number of ether oxygens (including phenoxy) is 4. The highest BCUT2D eigenvalue weighted by Gasteiger charge is 2.48. The molecule has 4 aromatic rings. The zero-order chi connectivity index (χ0) is 27.2. The molecule has 0 radical (unpaired) electrons. The van der Waals surface area contributed by atoms with Crippen LogP contribution in [-0.2, 0) is 9.47 Å². The van der Waals surface area contributed by atoms with Crippen molar-refractivity contribution in [3.63, 3.8) is 0 Å². The van der Waals surface area contributed by atoms with Crippen LogP contribution in [0.15, 0.2) is 60.7 Å². The number of nitrogens with one attached hydrogen (secondary N) is 1. The molecule has 3 fully saturated rings. The van der Waals surface area contributed by atoms with E-state index in [2.05, 4.69) is 28.1 Å². The predicted octanol–water partition coefficient (Wildman–Crippen LogP) is 4.32. The van der Waals surface area contributed by atoms with Gasteiger partial charge >= 0.3 is 0 Å². The maximum Gasteiger partial charge on any atom is 0.212 e. The minimum absolute atomic E-state index is 0.141. The van der Waals surface area contributed by atoms with Gasteiger partial charge in [0, 0.05) is 24.2 Å². The summed E-state index contributed by atoms with van der Waals surface area (Å²) in [5.74, 6) is 1.18. The fourth-order valence-corrected chi connectivity index (χ4v) is 6.00. The number of benzene rings is 2. The number of aliphatic hydroxyl groups excluding tert-OH is 1. The summed E-state index contributed by atoms with van der Waals surface area (Å²) in [7, 11) is 0. The largest absolute Gasteiger partial charge is 0.489 e. The SMILES string of the molecule is N#Cc1c(O[C@@H]2CO[C@H]3[C@@H]2OC[C@H]3O)[nH]c2cc(Cl)c(-c3ccc(N4CC[C@@H](Oc5ccccc5)C4)cc3)nc12. The van der Waals surface area contributed by atoms with E-state index in [4.69, 9.17) is 35.5 Å². The molecule has 0 spiro atoms. The molecular weight excluding hydrogens is 532 g/mol. The van der Waals surface area contributed by atoms with E-state index in [1.54, 1.807) is 6.07 Å². The maximum absolute atomic E-state index is 10.0. The number of aromatic nitrogens is 2. The number of nitrogens with zero attached hydrogens (tertiary/aromatic N) is 3. The van der Waals surface area contributed by atoms with E-state index in [-0.39, 0.29) is 30.8 Å². The first-order valence-electron chi connectivity index (χ1n) is 13.3. The molecule has 0 bridgehead atoms. The first kappa shape index (κ1) is 25.2. The molecule has 0 aliphatic carbocycles. The minimum atomic E-state index is -0.680. The molecule has 7 rings (SSSR count). The Morgan fingerprint density at radius 3 is 2.65 bits per heavy atom. The highest BCUT2D eigenvalue weighted by Crippen LogP contribution is 2.37. The summed E-state index contributed by atoms with van der Waals surface area (Å²) in [5.41, 5.74) is 3.89. The van der Waals surface area contributed by atoms with Crippen LogP contribution in [0.25, 0.3) is 22.3 Å². The van der Waals surface area contributed by atoms with Crippen molar-refractivity contribution in [2.24, 2.45) is 0 Å². The molecule has 3 aliphatic rings. The molecule has 10 heteroatoms. The van der Waals surface area contributed by atoms with Crippen LogP contribution in [0.1, 0.15) is 12.0 Å². The molecule has 9 nitrogen and oxygen atoms in total. The molecule has 0 saturated carbocycles. The number of halogens is 1. The number of hydrogen-bond acceptors (Lipinski definition) is 8. The van der Waals surface area contributed by atoms with Gasteiger partial charge in [-0.15, -0.1) is 0 Å². The van der Waals surface area contributed by atoms with Crippen molar-refractivity contribution in [1.82, 2.24) is 9.97 Å². The van der Waals surface area contributed by atoms with Crippen LogP contribution < -0.4 is 14.4 Å². The van der Waals surface area contributed by atoms with Crippen LogP contribution in [0.3, 0.4) is 0 Å². The lowest BCUT2D eigenvalue weighted by Gasteiger charge is -2.19. The molecule has 3 saturated heterocycles. The van der Waals surface area contributed by atoms with Gasteiger partial charge in [-0.1, -0.05) is 41.9 Å². The lowest BCUT2D eigenvalue weighted by molar-refractivity contribution is 0.00789. The third-order valence-electron chi connectivity index (χ3n) is 7.75. The van der Waals surface area contributed by atoms with Crippen LogP contribution in [0.2, 0.25) is 5.02 Å². The van der Waals surface area contributed by atoms with Crippen molar-refractivity contribution in [1.29, 1.82) is 5.26 Å². The van der Waals surface area contributed by atoms with Crippen LogP contribution in [0, 0.1) is 11.3 Å². The quantitative estimate of drug-likeness (QED) is 0.360. The van der Waals surface area contributed by atoms with E-state index < -0.39 is 24.4 Å². The number of hydrogen-bond donors (Lipinski definition) is 2. The number of H-pyrrole nitrogens is 1. The van der Waals surface area contributed by atoms with E-state index in [9.17, 15) is 10.4 Å². The average molecular weight is 559 g/mol. The molecule has 0 unspecified atom stereocenters. The summed E-state index contributed by atoms with van der Waals surface area (Å²) >= 11 is 6.66. The number of rotatable bonds is 6. The summed E-state index contributed by atoms with van der Waals surface area (Å²) in [6, 6.07) is 22.0. The van der Waals surface area contributed by atoms with Crippen LogP contribution in [-0.4, -0.2) is 71.9 Å². The molecular formula is C30H27ClN4O5. The molecule has 2 aromatic carbocycles. The zero-order valence-corrected chi connectivity index (χ0v) is 22.3. The Hall–Kier alpha value is -3.81. The lowest BCUT2D eigenvalue weighted by atomic mass is 10.1. The Labute approximate surface area is 235 Å². The smallest absolute Gasteiger partial charge is 0.212 e. The first-order valence-corrected chi connectivity index (χ1v) is 13.7. The van der Waals surface area contributed by atoms with E-state index >= 15 is 0 Å². The molecule has 3 aliphatic heterocycles. The van der Waals surface area contributed by atoms with Gasteiger partial charge in [-0.05, 0) is 30.3 Å². The first-order chi connectivity index (χ1) is 19.6. The van der Waals surface area contributed by atoms with Crippen molar-refractivity contribution >= 4 is 28.3 Å². The molecule has 5 atom stereocenters. The molecule has 0 amide bonds. The second kappa shape index (κ2) is 10.3. The Kier molecular flexibility index (Phi) is 6.48. The van der Waals surface area contributed by atoms with Crippen LogP contribution in [0.4, 0.5) is 5.69 Å². The number of pyridine rings is 1. The normalized spacial score (nSPS) is 25.7. The van der Waals surface area contributed by atoms with Gasteiger partial charge in [0.1, 0.15) is 47.3 Å². The average Bonchev–Trinajstić information content (AvgIpc) is 3.75. The van der Waals surface area contributed by atoms with E-state index in [0.29, 0.717) is 21.7 Å². The fraction of sp³-hybridized carbons (Fsp3) is 0.333. The fourth-order valence-electron chi connectivity index (χ4n) is 5.74. The van der Waals surface area contributed by atoms with E-state index in [1.807, 2.05) is 42.5 Å². The predicted molar refractivity (Wildman–Crippen MR) is 149 cm³/mol. The Balaban J connectivity index is 1.10. The van der Waals surface area contributed by atoms with Gasteiger partial charge in [0.2, 0.25) is 5.88 Å². The second-order valence-corrected chi connectivity index (χ2v) is 10.7. The topological polar surface area (TPSA) is 113 Å². The summed E-state index contributed by atoms with van der Waals surface area (Å²) in [6.07, 6.45) is -0.855. The Morgan fingerprint density at radius 2 is 1.85 bits per heavy atom. The van der Waals surface area contributed by atoms with Gasteiger partial charge in [-0.2, -0.15) is 5.26 Å². The molecule has 2 aromatic heterocycles. The van der Waals surface area contributed by atoms with Crippen molar-refractivity contribution in [3.8, 4) is 29.0 Å². The molecule has 5 heterocycles. The van der Waals surface area contributed by atoms with Gasteiger partial charge in [0.25, 0.3) is 0 Å². The van der Waals surface area contributed by atoms with Gasteiger partial charge in [-0.25, -0.2) is 4.98 Å². The lowest BCUT2D eigenvalue weighted by Crippen LogP contribution is -2.34. The number of aromatic amines is 1. The number of aliphatic hydroxyl groups is 1. The third kappa shape index (κ3) is 4.53. The minimum Gasteiger partial charge on any atom is -0.489 e. The van der Waals surface area contributed by atoms with Gasteiger partial charge < -0.3 is 33.9 Å². The monoisotopic (exact) mass is 558 g/mol. The number of para-hydroxylation sites is 1. The van der Waals surface area contributed by atoms with Gasteiger partial charge in [-0.3, -0.25) is 0 Å². The third-order valence-corrected chi connectivity index (χ3v) is 8.04. The summed E-state index contributed by atoms with van der Waals surface area (Å²) in [5, 5.41) is 20.4. The molecule has 40 heavy (non-hydrogen) atoms. The number of anilines is 1. The van der Waals surface area contributed by atoms with E-state index in [1.165, 1.54) is 0 Å². The zero-order valence-electron chi connectivity index (χ0n) is 21.5. The second-order valence-electron chi connectivity index (χ2n) is 10.3.